The Labute approximate surface area is 139 Å². The van der Waals surface area contributed by atoms with Crippen molar-refractivity contribution in [3.05, 3.63) is 54.2 Å². The van der Waals surface area contributed by atoms with Gasteiger partial charge in [0.05, 0.1) is 12.5 Å². The van der Waals surface area contributed by atoms with Gasteiger partial charge in [0.2, 0.25) is 17.6 Å². The fourth-order valence-corrected chi connectivity index (χ4v) is 2.32. The van der Waals surface area contributed by atoms with Crippen LogP contribution in [-0.2, 0) is 17.9 Å². The molecule has 2 heterocycles. The zero-order valence-corrected chi connectivity index (χ0v) is 13.6. The number of hydrogen-bond donors (Lipinski definition) is 1. The van der Waals surface area contributed by atoms with E-state index in [1.807, 2.05) is 43.5 Å². The van der Waals surface area contributed by atoms with Gasteiger partial charge in [-0.05, 0) is 11.6 Å². The second kappa shape index (κ2) is 7.08. The highest BCUT2D eigenvalue weighted by Crippen LogP contribution is 2.16. The van der Waals surface area contributed by atoms with Crippen LogP contribution in [0, 0.1) is 12.8 Å². The van der Waals surface area contributed by atoms with Crippen molar-refractivity contribution in [1.29, 1.82) is 0 Å². The van der Waals surface area contributed by atoms with Crippen LogP contribution in [0.15, 0.2) is 47.2 Å². The number of hydrogen-bond acceptors (Lipinski definition) is 5. The zero-order chi connectivity index (χ0) is 16.9. The molecule has 1 amide bonds. The number of aryl methyl sites for hydroxylation is 1. The Morgan fingerprint density at radius 1 is 1.33 bits per heavy atom. The van der Waals surface area contributed by atoms with Crippen LogP contribution in [0.5, 0.6) is 0 Å². The van der Waals surface area contributed by atoms with Gasteiger partial charge in [-0.3, -0.25) is 9.48 Å². The summed E-state index contributed by atoms with van der Waals surface area (Å²) in [5.41, 5.74) is 1.90. The summed E-state index contributed by atoms with van der Waals surface area (Å²) in [6.07, 6.45) is 3.56. The van der Waals surface area contributed by atoms with Crippen molar-refractivity contribution in [3.8, 4) is 11.4 Å². The van der Waals surface area contributed by atoms with Crippen molar-refractivity contribution in [2.75, 3.05) is 0 Å². The number of carbonyl (C=O) groups excluding carboxylic acids is 1. The van der Waals surface area contributed by atoms with E-state index < -0.39 is 0 Å². The van der Waals surface area contributed by atoms with Gasteiger partial charge in [-0.15, -0.1) is 0 Å². The highest BCUT2D eigenvalue weighted by atomic mass is 16.5. The topological polar surface area (TPSA) is 85.8 Å². The molecule has 1 atom stereocenters. The normalized spacial score (nSPS) is 12.1. The Kier molecular flexibility index (Phi) is 4.69. The summed E-state index contributed by atoms with van der Waals surface area (Å²) in [5, 5.41) is 10.9. The Morgan fingerprint density at radius 2 is 2.12 bits per heavy atom. The van der Waals surface area contributed by atoms with Crippen molar-refractivity contribution >= 4 is 5.91 Å². The summed E-state index contributed by atoms with van der Waals surface area (Å²) in [5.74, 6) is 0.957. The Bertz CT molecular complexity index is 793. The molecule has 0 saturated carbocycles. The molecule has 0 spiro atoms. The third-order valence-electron chi connectivity index (χ3n) is 3.67. The molecule has 3 rings (SSSR count). The molecule has 1 N–H and O–H groups in total. The third kappa shape index (κ3) is 3.87. The number of benzene rings is 1. The number of amides is 1. The molecule has 0 aliphatic rings. The van der Waals surface area contributed by atoms with Gasteiger partial charge in [-0.25, -0.2) is 0 Å². The standard InChI is InChI=1S/C17H19N5O2/c1-12(11-22-9-3-8-19-22)17(23)18-10-14-4-6-15(7-5-14)16-20-13(2)24-21-16/h3-9,12H,10-11H2,1-2H3,(H,18,23)/t12-/m1/s1. The maximum atomic E-state index is 12.1. The first-order valence-corrected chi connectivity index (χ1v) is 7.76. The van der Waals surface area contributed by atoms with E-state index in [-0.39, 0.29) is 11.8 Å². The van der Waals surface area contributed by atoms with Gasteiger partial charge >= 0.3 is 0 Å². The van der Waals surface area contributed by atoms with Crippen LogP contribution in [0.3, 0.4) is 0 Å². The summed E-state index contributed by atoms with van der Waals surface area (Å²) < 4.78 is 6.73. The molecule has 24 heavy (non-hydrogen) atoms. The van der Waals surface area contributed by atoms with Gasteiger partial charge in [0.15, 0.2) is 0 Å². The van der Waals surface area contributed by atoms with Crippen LogP contribution in [0.4, 0.5) is 0 Å². The molecule has 7 heteroatoms. The summed E-state index contributed by atoms with van der Waals surface area (Å²) in [6, 6.07) is 9.56. The predicted molar refractivity (Wildman–Crippen MR) is 87.7 cm³/mol. The van der Waals surface area contributed by atoms with Crippen LogP contribution >= 0.6 is 0 Å². The second-order valence-electron chi connectivity index (χ2n) is 5.68. The molecule has 3 aromatic rings. The lowest BCUT2D eigenvalue weighted by molar-refractivity contribution is -0.125. The van der Waals surface area contributed by atoms with Gasteiger partial charge in [0.25, 0.3) is 0 Å². The summed E-state index contributed by atoms with van der Waals surface area (Å²) in [4.78, 5) is 16.3. The lowest BCUT2D eigenvalue weighted by atomic mass is 10.1. The molecule has 0 unspecified atom stereocenters. The largest absolute Gasteiger partial charge is 0.352 e. The minimum atomic E-state index is -0.147. The van der Waals surface area contributed by atoms with E-state index >= 15 is 0 Å². The monoisotopic (exact) mass is 325 g/mol. The zero-order valence-electron chi connectivity index (χ0n) is 13.6. The molecule has 0 aliphatic carbocycles. The van der Waals surface area contributed by atoms with Gasteiger partial charge in [-0.1, -0.05) is 36.3 Å². The van der Waals surface area contributed by atoms with Crippen LogP contribution in [0.25, 0.3) is 11.4 Å². The van der Waals surface area contributed by atoms with Gasteiger partial charge in [0, 0.05) is 31.4 Å². The van der Waals surface area contributed by atoms with Crippen molar-refractivity contribution in [2.45, 2.75) is 26.9 Å². The first-order chi connectivity index (χ1) is 11.6. The molecule has 0 bridgehead atoms. The fourth-order valence-electron chi connectivity index (χ4n) is 2.32. The predicted octanol–water partition coefficient (Wildman–Crippen LogP) is 2.19. The SMILES string of the molecule is Cc1nc(-c2ccc(CNC(=O)[C@H](C)Cn3cccn3)cc2)no1. The molecule has 1 aromatic carbocycles. The lowest BCUT2D eigenvalue weighted by Crippen LogP contribution is -2.31. The van der Waals surface area contributed by atoms with Crippen molar-refractivity contribution < 1.29 is 9.32 Å². The highest BCUT2D eigenvalue weighted by molar-refractivity contribution is 5.78. The molecule has 0 aliphatic heterocycles. The minimum Gasteiger partial charge on any atom is -0.352 e. The van der Waals surface area contributed by atoms with Crippen LogP contribution in [0.2, 0.25) is 0 Å². The molecule has 7 nitrogen and oxygen atoms in total. The average molecular weight is 325 g/mol. The van der Waals surface area contributed by atoms with Gasteiger partial charge in [-0.2, -0.15) is 10.1 Å². The fraction of sp³-hybridized carbons (Fsp3) is 0.294. The van der Waals surface area contributed by atoms with Crippen molar-refractivity contribution in [1.82, 2.24) is 25.2 Å². The van der Waals surface area contributed by atoms with Gasteiger partial charge < -0.3 is 9.84 Å². The minimum absolute atomic E-state index is 0.00312. The maximum absolute atomic E-state index is 12.1. The van der Waals surface area contributed by atoms with E-state index in [1.165, 1.54) is 0 Å². The summed E-state index contributed by atoms with van der Waals surface area (Å²) >= 11 is 0. The van der Waals surface area contributed by atoms with E-state index in [0.29, 0.717) is 24.8 Å². The first kappa shape index (κ1) is 15.9. The molecule has 2 aromatic heterocycles. The molecule has 124 valence electrons. The third-order valence-corrected chi connectivity index (χ3v) is 3.67. The van der Waals surface area contributed by atoms with Crippen molar-refractivity contribution in [2.24, 2.45) is 5.92 Å². The Balaban J connectivity index is 1.53. The summed E-state index contributed by atoms with van der Waals surface area (Å²) in [7, 11) is 0. The average Bonchev–Trinajstić information content (AvgIpc) is 3.24. The van der Waals surface area contributed by atoms with Crippen molar-refractivity contribution in [3.63, 3.8) is 0 Å². The number of nitrogens with one attached hydrogen (secondary N) is 1. The van der Waals surface area contributed by atoms with E-state index in [9.17, 15) is 4.79 Å². The maximum Gasteiger partial charge on any atom is 0.224 e. The van der Waals surface area contributed by atoms with Gasteiger partial charge in [0.1, 0.15) is 0 Å². The van der Waals surface area contributed by atoms with Crippen LogP contribution in [-0.4, -0.2) is 25.8 Å². The molecular weight excluding hydrogens is 306 g/mol. The number of nitrogens with zero attached hydrogens (tertiary/aromatic N) is 4. The molecule has 0 fully saturated rings. The Hall–Kier alpha value is -2.96. The lowest BCUT2D eigenvalue weighted by Gasteiger charge is -2.12. The molecule has 0 saturated heterocycles. The van der Waals surface area contributed by atoms with Crippen LogP contribution in [0.1, 0.15) is 18.4 Å². The quantitative estimate of drug-likeness (QED) is 0.751. The first-order valence-electron chi connectivity index (χ1n) is 7.76. The van der Waals surface area contributed by atoms with E-state index in [2.05, 4.69) is 20.6 Å². The summed E-state index contributed by atoms with van der Waals surface area (Å²) in [6.45, 7) is 4.69. The second-order valence-corrected chi connectivity index (χ2v) is 5.68. The molecular formula is C17H19N5O2. The molecule has 0 radical (unpaired) electrons. The van der Waals surface area contributed by atoms with E-state index in [0.717, 1.165) is 11.1 Å². The van der Waals surface area contributed by atoms with E-state index in [1.54, 1.807) is 17.8 Å². The highest BCUT2D eigenvalue weighted by Gasteiger charge is 2.13. The smallest absolute Gasteiger partial charge is 0.224 e. The number of rotatable bonds is 6. The Morgan fingerprint density at radius 3 is 2.75 bits per heavy atom. The number of carbonyl (C=O) groups is 1. The van der Waals surface area contributed by atoms with E-state index in [4.69, 9.17) is 4.52 Å². The number of aromatic nitrogens is 4. The van der Waals surface area contributed by atoms with Crippen LogP contribution < -0.4 is 5.32 Å².